The van der Waals surface area contributed by atoms with Crippen molar-refractivity contribution in [3.8, 4) is 0 Å². The minimum atomic E-state index is -2.87. The van der Waals surface area contributed by atoms with Crippen molar-refractivity contribution in [2.45, 2.75) is 38.3 Å². The minimum Gasteiger partial charge on any atom is -0.304 e. The highest BCUT2D eigenvalue weighted by molar-refractivity contribution is 9.10. The van der Waals surface area contributed by atoms with Crippen LogP contribution in [0.25, 0.3) is 0 Å². The van der Waals surface area contributed by atoms with E-state index in [1.807, 2.05) is 19.1 Å². The van der Waals surface area contributed by atoms with Crippen LogP contribution in [-0.4, -0.2) is 25.5 Å². The first-order chi connectivity index (χ1) is 8.84. The van der Waals surface area contributed by atoms with Crippen LogP contribution in [0.4, 0.5) is 0 Å². The number of rotatable bonds is 4. The van der Waals surface area contributed by atoms with Crippen LogP contribution < -0.4 is 5.32 Å². The van der Waals surface area contributed by atoms with E-state index in [1.165, 1.54) is 5.56 Å². The Morgan fingerprint density at radius 1 is 1.37 bits per heavy atom. The van der Waals surface area contributed by atoms with Crippen LogP contribution >= 0.6 is 15.9 Å². The Hall–Kier alpha value is -0.390. The third-order valence-corrected chi connectivity index (χ3v) is 6.14. The van der Waals surface area contributed by atoms with Crippen LogP contribution in [0.15, 0.2) is 28.7 Å². The molecule has 1 saturated heterocycles. The van der Waals surface area contributed by atoms with Crippen LogP contribution in [0, 0.1) is 0 Å². The molecular formula is C14H20BrNO2S. The van der Waals surface area contributed by atoms with Crippen molar-refractivity contribution in [2.75, 3.05) is 11.5 Å². The average Bonchev–Trinajstić information content (AvgIpc) is 2.62. The van der Waals surface area contributed by atoms with Gasteiger partial charge in [-0.15, -0.1) is 0 Å². The van der Waals surface area contributed by atoms with Crippen molar-refractivity contribution >= 4 is 25.8 Å². The molecule has 0 aliphatic carbocycles. The van der Waals surface area contributed by atoms with E-state index in [2.05, 4.69) is 40.3 Å². The average molecular weight is 346 g/mol. The van der Waals surface area contributed by atoms with Crippen LogP contribution in [0.1, 0.15) is 38.3 Å². The molecule has 2 atom stereocenters. The summed E-state index contributed by atoms with van der Waals surface area (Å²) in [5.41, 5.74) is 0.906. The molecule has 1 aromatic rings. The highest BCUT2D eigenvalue weighted by Gasteiger charge is 2.39. The smallest absolute Gasteiger partial charge is 0.152 e. The molecule has 106 valence electrons. The lowest BCUT2D eigenvalue weighted by Crippen LogP contribution is -2.45. The molecule has 0 bridgehead atoms. The Morgan fingerprint density at radius 3 is 2.47 bits per heavy atom. The number of sulfone groups is 1. The summed E-state index contributed by atoms with van der Waals surface area (Å²) in [5, 5.41) is 3.54. The standard InChI is InChI=1S/C14H20BrNO2S/c1-3-13(11-4-6-12(15)7-5-11)16-14(2)8-9-19(17,18)10-14/h4-7,13,16H,3,8-10H2,1-2H3. The SMILES string of the molecule is CCC(NC1(C)CCS(=O)(=O)C1)c1ccc(Br)cc1. The summed E-state index contributed by atoms with van der Waals surface area (Å²) in [6, 6.07) is 8.41. The van der Waals surface area contributed by atoms with E-state index in [4.69, 9.17) is 0 Å². The van der Waals surface area contributed by atoms with Crippen LogP contribution in [-0.2, 0) is 9.84 Å². The van der Waals surface area contributed by atoms with Gasteiger partial charge in [0.15, 0.2) is 9.84 Å². The van der Waals surface area contributed by atoms with Crippen molar-refractivity contribution in [2.24, 2.45) is 0 Å². The first-order valence-electron chi connectivity index (χ1n) is 6.57. The monoisotopic (exact) mass is 345 g/mol. The normalized spacial score (nSPS) is 27.3. The Morgan fingerprint density at radius 2 is 2.00 bits per heavy atom. The molecule has 0 spiro atoms. The fourth-order valence-corrected chi connectivity index (χ4v) is 5.03. The van der Waals surface area contributed by atoms with E-state index < -0.39 is 9.84 Å². The summed E-state index contributed by atoms with van der Waals surface area (Å²) in [5.74, 6) is 0.542. The lowest BCUT2D eigenvalue weighted by molar-refractivity contribution is 0.337. The zero-order valence-corrected chi connectivity index (χ0v) is 13.7. The van der Waals surface area contributed by atoms with Gasteiger partial charge in [-0.3, -0.25) is 0 Å². The van der Waals surface area contributed by atoms with Crippen LogP contribution in [0.2, 0.25) is 0 Å². The Kier molecular flexibility index (Phi) is 4.38. The number of nitrogens with one attached hydrogen (secondary N) is 1. The molecule has 19 heavy (non-hydrogen) atoms. The van der Waals surface area contributed by atoms with E-state index in [1.54, 1.807) is 0 Å². The zero-order valence-electron chi connectivity index (χ0n) is 11.3. The second-order valence-corrected chi connectivity index (χ2v) is 8.66. The highest BCUT2D eigenvalue weighted by Crippen LogP contribution is 2.28. The van der Waals surface area contributed by atoms with Gasteiger partial charge in [-0.05, 0) is 37.5 Å². The van der Waals surface area contributed by atoms with Gasteiger partial charge in [0, 0.05) is 16.1 Å². The van der Waals surface area contributed by atoms with Crippen molar-refractivity contribution in [3.63, 3.8) is 0 Å². The van der Waals surface area contributed by atoms with Gasteiger partial charge >= 0.3 is 0 Å². The number of benzene rings is 1. The lowest BCUT2D eigenvalue weighted by Gasteiger charge is -2.30. The topological polar surface area (TPSA) is 46.2 Å². The van der Waals surface area contributed by atoms with Crippen LogP contribution in [0.5, 0.6) is 0 Å². The fourth-order valence-electron chi connectivity index (χ4n) is 2.66. The van der Waals surface area contributed by atoms with E-state index in [-0.39, 0.29) is 17.3 Å². The molecule has 0 saturated carbocycles. The van der Waals surface area contributed by atoms with Gasteiger partial charge in [0.05, 0.1) is 11.5 Å². The molecule has 0 radical (unpaired) electrons. The highest BCUT2D eigenvalue weighted by atomic mass is 79.9. The summed E-state index contributed by atoms with van der Waals surface area (Å²) in [6.45, 7) is 4.13. The summed E-state index contributed by atoms with van der Waals surface area (Å²) < 4.78 is 24.4. The summed E-state index contributed by atoms with van der Waals surface area (Å²) in [4.78, 5) is 0. The Labute approximate surface area is 123 Å². The predicted octanol–water partition coefficient (Wildman–Crippen LogP) is 3.07. The van der Waals surface area contributed by atoms with Gasteiger partial charge in [-0.1, -0.05) is 35.0 Å². The van der Waals surface area contributed by atoms with Gasteiger partial charge in [-0.25, -0.2) is 8.42 Å². The van der Waals surface area contributed by atoms with Crippen molar-refractivity contribution in [3.05, 3.63) is 34.3 Å². The molecule has 1 aliphatic heterocycles. The van der Waals surface area contributed by atoms with Crippen molar-refractivity contribution in [1.82, 2.24) is 5.32 Å². The largest absolute Gasteiger partial charge is 0.304 e. The third kappa shape index (κ3) is 3.80. The summed E-state index contributed by atoms with van der Waals surface area (Å²) >= 11 is 3.43. The second kappa shape index (κ2) is 5.54. The summed E-state index contributed by atoms with van der Waals surface area (Å²) in [6.07, 6.45) is 1.64. The van der Waals surface area contributed by atoms with E-state index in [9.17, 15) is 8.42 Å². The first-order valence-corrected chi connectivity index (χ1v) is 9.19. The van der Waals surface area contributed by atoms with Gasteiger partial charge < -0.3 is 5.32 Å². The lowest BCUT2D eigenvalue weighted by atomic mass is 9.96. The van der Waals surface area contributed by atoms with Crippen LogP contribution in [0.3, 0.4) is 0 Å². The molecule has 1 N–H and O–H groups in total. The maximum atomic E-state index is 11.7. The molecule has 2 rings (SSSR count). The molecular weight excluding hydrogens is 326 g/mol. The molecule has 0 amide bonds. The van der Waals surface area contributed by atoms with Crippen molar-refractivity contribution in [1.29, 1.82) is 0 Å². The number of halogens is 1. The molecule has 1 aromatic carbocycles. The maximum Gasteiger partial charge on any atom is 0.152 e. The quantitative estimate of drug-likeness (QED) is 0.911. The predicted molar refractivity (Wildman–Crippen MR) is 82.0 cm³/mol. The number of hydrogen-bond donors (Lipinski definition) is 1. The van der Waals surface area contributed by atoms with Gasteiger partial charge in [0.25, 0.3) is 0 Å². The summed E-state index contributed by atoms with van der Waals surface area (Å²) in [7, 11) is -2.87. The molecule has 1 fully saturated rings. The molecule has 3 nitrogen and oxygen atoms in total. The van der Waals surface area contributed by atoms with Crippen molar-refractivity contribution < 1.29 is 8.42 Å². The molecule has 5 heteroatoms. The van der Waals surface area contributed by atoms with Gasteiger partial charge in [0.1, 0.15) is 0 Å². The number of hydrogen-bond acceptors (Lipinski definition) is 3. The van der Waals surface area contributed by atoms with E-state index >= 15 is 0 Å². The molecule has 2 unspecified atom stereocenters. The van der Waals surface area contributed by atoms with Gasteiger partial charge in [0.2, 0.25) is 0 Å². The molecule has 1 aliphatic rings. The molecule has 1 heterocycles. The Bertz CT molecular complexity index is 541. The second-order valence-electron chi connectivity index (χ2n) is 5.56. The Balaban J connectivity index is 2.14. The fraction of sp³-hybridized carbons (Fsp3) is 0.571. The van der Waals surface area contributed by atoms with E-state index in [0.29, 0.717) is 12.2 Å². The minimum absolute atomic E-state index is 0.200. The molecule has 0 aromatic heterocycles. The van der Waals surface area contributed by atoms with E-state index in [0.717, 1.165) is 10.9 Å². The zero-order chi connectivity index (χ0) is 14.1. The third-order valence-electron chi connectivity index (χ3n) is 3.71. The first kappa shape index (κ1) is 15.0. The van der Waals surface area contributed by atoms with Gasteiger partial charge in [-0.2, -0.15) is 0 Å². The maximum absolute atomic E-state index is 11.7.